The highest BCUT2D eigenvalue weighted by molar-refractivity contribution is 7.99. The van der Waals surface area contributed by atoms with Crippen LogP contribution in [0.3, 0.4) is 0 Å². The summed E-state index contributed by atoms with van der Waals surface area (Å²) in [5.74, 6) is -1.43. The molecule has 7 nitrogen and oxygen atoms in total. The molecule has 0 aliphatic rings. The molecular formula is C19H15ClFN3O4S. The Bertz CT molecular complexity index is 1150. The molecule has 0 saturated heterocycles. The van der Waals surface area contributed by atoms with Gasteiger partial charge in [-0.25, -0.2) is 14.2 Å². The second-order valence-electron chi connectivity index (χ2n) is 5.71. The Labute approximate surface area is 173 Å². The summed E-state index contributed by atoms with van der Waals surface area (Å²) in [7, 11) is 0. The maximum atomic E-state index is 13.6. The third kappa shape index (κ3) is 4.75. The number of hydrogen-bond donors (Lipinski definition) is 1. The molecule has 1 heterocycles. The number of para-hydroxylation sites is 1. The lowest BCUT2D eigenvalue weighted by Crippen LogP contribution is -2.32. The largest absolute Gasteiger partial charge is 0.450 e. The number of carbonyl (C=O) groups excluding carboxylic acids is 2. The first kappa shape index (κ1) is 20.8. The van der Waals surface area contributed by atoms with Crippen molar-refractivity contribution in [2.24, 2.45) is 0 Å². The number of carbonyl (C=O) groups is 2. The topological polar surface area (TPSA) is 90.3 Å². The maximum absolute atomic E-state index is 13.6. The lowest BCUT2D eigenvalue weighted by Gasteiger charge is -2.13. The third-order valence-electron chi connectivity index (χ3n) is 3.76. The van der Waals surface area contributed by atoms with Crippen LogP contribution in [0.2, 0.25) is 5.02 Å². The highest BCUT2D eigenvalue weighted by Gasteiger charge is 2.16. The molecule has 3 aromatic rings. The van der Waals surface area contributed by atoms with E-state index in [2.05, 4.69) is 15.0 Å². The van der Waals surface area contributed by atoms with Gasteiger partial charge in [0.2, 0.25) is 5.91 Å². The fraction of sp³-hybridized carbons (Fsp3) is 0.158. The number of amides is 2. The number of imide groups is 1. The molecule has 0 spiro atoms. The van der Waals surface area contributed by atoms with Gasteiger partial charge in [0.1, 0.15) is 5.82 Å². The zero-order valence-corrected chi connectivity index (χ0v) is 16.7. The van der Waals surface area contributed by atoms with Gasteiger partial charge in [-0.2, -0.15) is 0 Å². The molecule has 2 aromatic carbocycles. The summed E-state index contributed by atoms with van der Waals surface area (Å²) < 4.78 is 19.5. The molecule has 0 fully saturated rings. The Balaban J connectivity index is 2.01. The van der Waals surface area contributed by atoms with E-state index in [0.29, 0.717) is 16.6 Å². The van der Waals surface area contributed by atoms with Crippen LogP contribution in [0.5, 0.6) is 0 Å². The van der Waals surface area contributed by atoms with E-state index in [1.54, 1.807) is 31.2 Å². The summed E-state index contributed by atoms with van der Waals surface area (Å²) in [6, 6.07) is 10.6. The van der Waals surface area contributed by atoms with E-state index in [-0.39, 0.29) is 22.5 Å². The Kier molecular flexibility index (Phi) is 6.50. The summed E-state index contributed by atoms with van der Waals surface area (Å²) >= 11 is 6.81. The van der Waals surface area contributed by atoms with Crippen LogP contribution in [0.4, 0.5) is 9.18 Å². The Morgan fingerprint density at radius 3 is 2.76 bits per heavy atom. The van der Waals surface area contributed by atoms with Crippen LogP contribution in [0.1, 0.15) is 6.92 Å². The lowest BCUT2D eigenvalue weighted by atomic mass is 10.2. The van der Waals surface area contributed by atoms with Gasteiger partial charge in [0.25, 0.3) is 5.56 Å². The number of alkyl carbamates (subject to hydrolysis) is 1. The summed E-state index contributed by atoms with van der Waals surface area (Å²) in [6.45, 7) is 1.74. The molecule has 0 saturated carbocycles. The lowest BCUT2D eigenvalue weighted by molar-refractivity contribution is -0.117. The van der Waals surface area contributed by atoms with Gasteiger partial charge in [-0.3, -0.25) is 19.5 Å². The van der Waals surface area contributed by atoms with Gasteiger partial charge in [-0.1, -0.05) is 35.5 Å². The number of aromatic nitrogens is 2. The molecule has 3 rings (SSSR count). The van der Waals surface area contributed by atoms with Crippen molar-refractivity contribution in [2.45, 2.75) is 12.1 Å². The van der Waals surface area contributed by atoms with E-state index in [1.807, 2.05) is 0 Å². The third-order valence-corrected chi connectivity index (χ3v) is 4.98. The average molecular weight is 436 g/mol. The zero-order chi connectivity index (χ0) is 21.0. The Hall–Kier alpha value is -2.91. The molecule has 0 radical (unpaired) electrons. The van der Waals surface area contributed by atoms with E-state index >= 15 is 0 Å². The molecule has 0 aliphatic heterocycles. The molecule has 1 aromatic heterocycles. The Morgan fingerprint density at radius 2 is 2.03 bits per heavy atom. The quantitative estimate of drug-likeness (QED) is 0.487. The van der Waals surface area contributed by atoms with Crippen LogP contribution >= 0.6 is 23.4 Å². The number of hydrogen-bond acceptors (Lipinski definition) is 6. The minimum Gasteiger partial charge on any atom is -0.450 e. The van der Waals surface area contributed by atoms with Gasteiger partial charge in [-0.05, 0) is 37.3 Å². The minimum absolute atomic E-state index is 0.128. The molecule has 0 bridgehead atoms. The standard InChI is InChI=1S/C19H15ClFN3O4S/c1-2-28-19(27)23-16(25)10-29-18-22-15-6-4-3-5-12(15)17(26)24(18)11-7-8-14(21)13(20)9-11/h3-9H,2,10H2,1H3,(H,23,25,27). The van der Waals surface area contributed by atoms with Gasteiger partial charge in [0, 0.05) is 0 Å². The fourth-order valence-electron chi connectivity index (χ4n) is 2.51. The second kappa shape index (κ2) is 9.06. The first-order valence-electron chi connectivity index (χ1n) is 8.47. The van der Waals surface area contributed by atoms with Crippen LogP contribution < -0.4 is 10.9 Å². The predicted molar refractivity (Wildman–Crippen MR) is 108 cm³/mol. The predicted octanol–water partition coefficient (Wildman–Crippen LogP) is 3.54. The molecule has 0 atom stereocenters. The van der Waals surface area contributed by atoms with E-state index in [9.17, 15) is 18.8 Å². The van der Waals surface area contributed by atoms with E-state index in [4.69, 9.17) is 11.6 Å². The van der Waals surface area contributed by atoms with Crippen molar-refractivity contribution < 1.29 is 18.7 Å². The molecule has 0 unspecified atom stereocenters. The molecule has 150 valence electrons. The molecule has 0 aliphatic carbocycles. The average Bonchev–Trinajstić information content (AvgIpc) is 2.69. The smallest absolute Gasteiger partial charge is 0.413 e. The SMILES string of the molecule is CCOC(=O)NC(=O)CSc1nc2ccccc2c(=O)n1-c1ccc(F)c(Cl)c1. The normalized spacial score (nSPS) is 10.7. The van der Waals surface area contributed by atoms with Gasteiger partial charge in [0.05, 0.1) is 34.0 Å². The van der Waals surface area contributed by atoms with Crippen molar-refractivity contribution in [2.75, 3.05) is 12.4 Å². The summed E-state index contributed by atoms with van der Waals surface area (Å²) in [4.78, 5) is 40.8. The van der Waals surface area contributed by atoms with Gasteiger partial charge < -0.3 is 4.74 Å². The number of thioether (sulfide) groups is 1. The number of ether oxygens (including phenoxy) is 1. The van der Waals surface area contributed by atoms with Crippen LogP contribution in [0.15, 0.2) is 52.4 Å². The molecule has 29 heavy (non-hydrogen) atoms. The van der Waals surface area contributed by atoms with Crippen molar-refractivity contribution in [1.29, 1.82) is 0 Å². The number of rotatable bonds is 5. The van der Waals surface area contributed by atoms with E-state index in [0.717, 1.165) is 17.8 Å². The van der Waals surface area contributed by atoms with Crippen molar-refractivity contribution in [3.05, 3.63) is 63.7 Å². The first-order valence-corrected chi connectivity index (χ1v) is 9.83. The molecule has 10 heteroatoms. The number of benzene rings is 2. The first-order chi connectivity index (χ1) is 13.9. The fourth-order valence-corrected chi connectivity index (χ4v) is 3.50. The molecule has 2 amide bonds. The van der Waals surface area contributed by atoms with Crippen molar-refractivity contribution in [1.82, 2.24) is 14.9 Å². The number of nitrogens with one attached hydrogen (secondary N) is 1. The second-order valence-corrected chi connectivity index (χ2v) is 7.06. The number of nitrogens with zero attached hydrogens (tertiary/aromatic N) is 2. The van der Waals surface area contributed by atoms with Crippen molar-refractivity contribution >= 4 is 46.3 Å². The monoisotopic (exact) mass is 435 g/mol. The number of halogens is 2. The number of fused-ring (bicyclic) bond motifs is 1. The van der Waals surface area contributed by atoms with Gasteiger partial charge in [0.15, 0.2) is 5.16 Å². The van der Waals surface area contributed by atoms with Gasteiger partial charge in [-0.15, -0.1) is 0 Å². The van der Waals surface area contributed by atoms with Crippen LogP contribution in [-0.2, 0) is 9.53 Å². The van der Waals surface area contributed by atoms with Gasteiger partial charge >= 0.3 is 6.09 Å². The Morgan fingerprint density at radius 1 is 1.28 bits per heavy atom. The summed E-state index contributed by atoms with van der Waals surface area (Å²) in [6.07, 6.45) is -0.854. The van der Waals surface area contributed by atoms with Crippen LogP contribution in [0, 0.1) is 5.82 Å². The molecular weight excluding hydrogens is 421 g/mol. The van der Waals surface area contributed by atoms with Crippen LogP contribution in [0.25, 0.3) is 16.6 Å². The molecule has 1 N–H and O–H groups in total. The van der Waals surface area contributed by atoms with Crippen LogP contribution in [-0.4, -0.2) is 33.9 Å². The minimum atomic E-state index is -0.854. The maximum Gasteiger partial charge on any atom is 0.413 e. The van der Waals surface area contributed by atoms with E-state index in [1.165, 1.54) is 16.7 Å². The van der Waals surface area contributed by atoms with E-state index < -0.39 is 23.4 Å². The highest BCUT2D eigenvalue weighted by atomic mass is 35.5. The zero-order valence-electron chi connectivity index (χ0n) is 15.1. The van der Waals surface area contributed by atoms with Crippen molar-refractivity contribution in [3.63, 3.8) is 0 Å². The highest BCUT2D eigenvalue weighted by Crippen LogP contribution is 2.24. The summed E-state index contributed by atoms with van der Waals surface area (Å²) in [5.41, 5.74) is 0.342. The van der Waals surface area contributed by atoms with Crippen molar-refractivity contribution in [3.8, 4) is 5.69 Å². The summed E-state index contributed by atoms with van der Waals surface area (Å²) in [5, 5.41) is 2.46.